The van der Waals surface area contributed by atoms with E-state index in [0.717, 1.165) is 0 Å². The van der Waals surface area contributed by atoms with Crippen LogP contribution in [-0.4, -0.2) is 23.8 Å². The van der Waals surface area contributed by atoms with Gasteiger partial charge in [-0.05, 0) is 17.9 Å². The molecule has 1 atom stereocenters. The average Bonchev–Trinajstić information content (AvgIpc) is 2.50. The number of aliphatic hydroxyl groups excluding tert-OH is 1. The van der Waals surface area contributed by atoms with Gasteiger partial charge < -0.3 is 5.11 Å². The molecule has 1 unspecified atom stereocenters. The van der Waals surface area contributed by atoms with Gasteiger partial charge in [0.15, 0.2) is 0 Å². The molecule has 0 aliphatic heterocycles. The molecule has 13 heavy (non-hydrogen) atoms. The molecule has 1 aromatic rings. The second-order valence-electron chi connectivity index (χ2n) is 2.61. The smallest absolute Gasteiger partial charge is 0.264 e. The van der Waals surface area contributed by atoms with Gasteiger partial charge in [0.05, 0.1) is 11.9 Å². The van der Waals surface area contributed by atoms with E-state index in [0.29, 0.717) is 4.88 Å². The number of hydrogen-bond acceptors (Lipinski definition) is 4. The Bertz CT molecular complexity index is 341. The molecule has 0 saturated carbocycles. The zero-order valence-electron chi connectivity index (χ0n) is 6.75. The van der Waals surface area contributed by atoms with Crippen LogP contribution in [-0.2, 0) is 10.1 Å². The highest BCUT2D eigenvalue weighted by atomic mass is 32.2. The summed E-state index contributed by atoms with van der Waals surface area (Å²) in [7, 11) is -3.97. The fraction of sp³-hybridized carbons (Fsp3) is 0.429. The molecule has 0 fully saturated rings. The molecule has 1 rings (SSSR count). The molecule has 0 aromatic carbocycles. The number of thiophene rings is 1. The van der Waals surface area contributed by atoms with Gasteiger partial charge in [-0.15, -0.1) is 11.3 Å². The second kappa shape index (κ2) is 4.19. The van der Waals surface area contributed by atoms with Gasteiger partial charge in [-0.1, -0.05) is 6.07 Å². The normalized spacial score (nSPS) is 14.3. The van der Waals surface area contributed by atoms with Gasteiger partial charge in [0.2, 0.25) is 0 Å². The van der Waals surface area contributed by atoms with Crippen LogP contribution in [0.25, 0.3) is 0 Å². The summed E-state index contributed by atoms with van der Waals surface area (Å²) >= 11 is 1.36. The van der Waals surface area contributed by atoms with Crippen LogP contribution in [0.4, 0.5) is 0 Å². The zero-order valence-corrected chi connectivity index (χ0v) is 8.38. The van der Waals surface area contributed by atoms with Crippen molar-refractivity contribution in [3.05, 3.63) is 22.4 Å². The van der Waals surface area contributed by atoms with Crippen molar-refractivity contribution in [3.63, 3.8) is 0 Å². The molecule has 1 aromatic heterocycles. The molecule has 0 aliphatic carbocycles. The first kappa shape index (κ1) is 10.6. The van der Waals surface area contributed by atoms with E-state index in [1.165, 1.54) is 11.3 Å². The van der Waals surface area contributed by atoms with E-state index < -0.39 is 22.0 Å². The Morgan fingerprint density at radius 2 is 2.23 bits per heavy atom. The molecule has 0 aliphatic rings. The molecular weight excluding hydrogens is 212 g/mol. The Labute approximate surface area is 80.6 Å². The molecule has 2 N–H and O–H groups in total. The van der Waals surface area contributed by atoms with Crippen LogP contribution in [0.1, 0.15) is 17.4 Å². The summed E-state index contributed by atoms with van der Waals surface area (Å²) < 4.78 is 29.1. The van der Waals surface area contributed by atoms with E-state index in [2.05, 4.69) is 0 Å². The topological polar surface area (TPSA) is 74.6 Å². The molecule has 0 saturated heterocycles. The van der Waals surface area contributed by atoms with E-state index in [-0.39, 0.29) is 6.42 Å². The Morgan fingerprint density at radius 3 is 2.69 bits per heavy atom. The summed E-state index contributed by atoms with van der Waals surface area (Å²) in [5, 5.41) is 11.2. The van der Waals surface area contributed by atoms with Crippen molar-refractivity contribution in [2.24, 2.45) is 0 Å². The maximum atomic E-state index is 10.4. The van der Waals surface area contributed by atoms with Gasteiger partial charge in [-0.3, -0.25) is 4.55 Å². The first-order valence-electron chi connectivity index (χ1n) is 3.65. The average molecular weight is 222 g/mol. The predicted molar refractivity (Wildman–Crippen MR) is 50.3 cm³/mol. The van der Waals surface area contributed by atoms with Crippen molar-refractivity contribution in [3.8, 4) is 0 Å². The fourth-order valence-electron chi connectivity index (χ4n) is 0.884. The lowest BCUT2D eigenvalue weighted by atomic mass is 10.2. The van der Waals surface area contributed by atoms with Crippen molar-refractivity contribution in [2.75, 3.05) is 5.75 Å². The third-order valence-electron chi connectivity index (χ3n) is 1.52. The lowest BCUT2D eigenvalue weighted by molar-refractivity contribution is 0.177. The lowest BCUT2D eigenvalue weighted by Crippen LogP contribution is -2.07. The highest BCUT2D eigenvalue weighted by molar-refractivity contribution is 7.85. The van der Waals surface area contributed by atoms with Crippen molar-refractivity contribution in [1.82, 2.24) is 0 Å². The lowest BCUT2D eigenvalue weighted by Gasteiger charge is -2.05. The standard InChI is InChI=1S/C7H10O4S2/c8-6(3-5-13(9,10)11)7-2-1-4-12-7/h1-2,4,6,8H,3,5H2,(H,9,10,11). The molecule has 0 radical (unpaired) electrons. The van der Waals surface area contributed by atoms with Gasteiger partial charge >= 0.3 is 0 Å². The third kappa shape index (κ3) is 3.86. The summed E-state index contributed by atoms with van der Waals surface area (Å²) in [6.07, 6.45) is -0.777. The Balaban J connectivity index is 2.48. The van der Waals surface area contributed by atoms with Gasteiger partial charge in [-0.25, -0.2) is 0 Å². The molecule has 74 valence electrons. The molecule has 1 heterocycles. The first-order chi connectivity index (χ1) is 5.99. The van der Waals surface area contributed by atoms with E-state index in [1.54, 1.807) is 17.5 Å². The van der Waals surface area contributed by atoms with Crippen LogP contribution in [0.15, 0.2) is 17.5 Å². The maximum Gasteiger partial charge on any atom is 0.264 e. The summed E-state index contributed by atoms with van der Waals surface area (Å²) in [4.78, 5) is 0.712. The summed E-state index contributed by atoms with van der Waals surface area (Å²) in [6, 6.07) is 3.50. The summed E-state index contributed by atoms with van der Waals surface area (Å²) in [5.41, 5.74) is 0. The highest BCUT2D eigenvalue weighted by Crippen LogP contribution is 2.21. The van der Waals surface area contributed by atoms with Crippen LogP contribution in [0, 0.1) is 0 Å². The maximum absolute atomic E-state index is 10.4. The predicted octanol–water partition coefficient (Wildman–Crippen LogP) is 1.06. The minimum atomic E-state index is -3.97. The summed E-state index contributed by atoms with van der Waals surface area (Å²) in [5.74, 6) is -0.411. The summed E-state index contributed by atoms with van der Waals surface area (Å²) in [6.45, 7) is 0. The molecule has 6 heteroatoms. The zero-order chi connectivity index (χ0) is 9.90. The van der Waals surface area contributed by atoms with Crippen LogP contribution in [0.5, 0.6) is 0 Å². The van der Waals surface area contributed by atoms with Crippen LogP contribution >= 0.6 is 11.3 Å². The van der Waals surface area contributed by atoms with Crippen LogP contribution in [0.2, 0.25) is 0 Å². The Kier molecular flexibility index (Phi) is 3.43. The molecule has 0 spiro atoms. The minimum Gasteiger partial charge on any atom is -0.388 e. The van der Waals surface area contributed by atoms with Gasteiger partial charge in [0.25, 0.3) is 10.1 Å². The molecule has 0 bridgehead atoms. The third-order valence-corrected chi connectivity index (χ3v) is 3.25. The largest absolute Gasteiger partial charge is 0.388 e. The van der Waals surface area contributed by atoms with Gasteiger partial charge in [0.1, 0.15) is 0 Å². The van der Waals surface area contributed by atoms with Crippen molar-refractivity contribution < 1.29 is 18.1 Å². The highest BCUT2D eigenvalue weighted by Gasteiger charge is 2.12. The Hall–Kier alpha value is -0.430. The quantitative estimate of drug-likeness (QED) is 0.747. The Morgan fingerprint density at radius 1 is 1.54 bits per heavy atom. The van der Waals surface area contributed by atoms with E-state index in [9.17, 15) is 13.5 Å². The molecule has 0 amide bonds. The number of aliphatic hydroxyl groups is 1. The van der Waals surface area contributed by atoms with Gasteiger partial charge in [0, 0.05) is 4.88 Å². The van der Waals surface area contributed by atoms with E-state index in [4.69, 9.17) is 4.55 Å². The van der Waals surface area contributed by atoms with Crippen molar-refractivity contribution in [2.45, 2.75) is 12.5 Å². The van der Waals surface area contributed by atoms with E-state index >= 15 is 0 Å². The van der Waals surface area contributed by atoms with Gasteiger partial charge in [-0.2, -0.15) is 8.42 Å². The monoisotopic (exact) mass is 222 g/mol. The van der Waals surface area contributed by atoms with Crippen molar-refractivity contribution >= 4 is 21.5 Å². The van der Waals surface area contributed by atoms with Crippen LogP contribution in [0.3, 0.4) is 0 Å². The second-order valence-corrected chi connectivity index (χ2v) is 5.16. The van der Waals surface area contributed by atoms with Crippen molar-refractivity contribution in [1.29, 1.82) is 0 Å². The number of rotatable bonds is 4. The fourth-order valence-corrected chi connectivity index (χ4v) is 2.15. The minimum absolute atomic E-state index is 0.0271. The van der Waals surface area contributed by atoms with E-state index in [1.807, 2.05) is 0 Å². The molecular formula is C7H10O4S2. The molecule has 4 nitrogen and oxygen atoms in total. The number of hydrogen-bond donors (Lipinski definition) is 2. The SMILES string of the molecule is O=S(=O)(O)CCC(O)c1cccs1. The van der Waals surface area contributed by atoms with Crippen LogP contribution < -0.4 is 0 Å². The first-order valence-corrected chi connectivity index (χ1v) is 6.14.